The first kappa shape index (κ1) is 22.9. The minimum absolute atomic E-state index is 0.558. The lowest BCUT2D eigenvalue weighted by molar-refractivity contribution is -0.137. The Balaban J connectivity index is 1.54. The molecule has 0 atom stereocenters. The Morgan fingerprint density at radius 1 is 0.697 bits per heavy atom. The second-order valence-corrected chi connectivity index (χ2v) is 8.44. The zero-order chi connectivity index (χ0) is 23.3. The summed E-state index contributed by atoms with van der Waals surface area (Å²) in [6.07, 6.45) is -2.24. The van der Waals surface area contributed by atoms with Crippen LogP contribution < -0.4 is 0 Å². The number of nitrogens with zero attached hydrogens (tertiary/aromatic N) is 2. The fourth-order valence-corrected chi connectivity index (χ4v) is 4.05. The van der Waals surface area contributed by atoms with E-state index in [0.29, 0.717) is 19.6 Å². The van der Waals surface area contributed by atoms with Gasteiger partial charge in [-0.1, -0.05) is 72.3 Å². The van der Waals surface area contributed by atoms with Gasteiger partial charge in [0.25, 0.3) is 0 Å². The van der Waals surface area contributed by atoms with Crippen LogP contribution in [-0.2, 0) is 32.4 Å². The molecule has 0 saturated heterocycles. The van der Waals surface area contributed by atoms with Crippen LogP contribution in [0.1, 0.15) is 33.5 Å². The van der Waals surface area contributed by atoms with Crippen LogP contribution >= 0.6 is 0 Å². The monoisotopic (exact) mass is 448 g/mol. The molecule has 0 aliphatic heterocycles. The van der Waals surface area contributed by atoms with Crippen molar-refractivity contribution in [2.75, 3.05) is 0 Å². The Bertz CT molecular complexity index is 1160. The second kappa shape index (κ2) is 10.1. The van der Waals surface area contributed by atoms with Crippen LogP contribution in [0.3, 0.4) is 0 Å². The fourth-order valence-electron chi connectivity index (χ4n) is 4.05. The first-order chi connectivity index (χ1) is 15.9. The standard InChI is InChI=1S/C28H27F3N2/c1-22-7-5-10-25(17-22)20-33-16-6-11-27(33)21-32(18-23-8-3-2-4-9-23)19-24-12-14-26(15-13-24)28(29,30)31/h2-17H,18-21H2,1H3. The van der Waals surface area contributed by atoms with Gasteiger partial charge in [-0.05, 0) is 47.9 Å². The molecule has 0 spiro atoms. The number of hydrogen-bond acceptors (Lipinski definition) is 1. The van der Waals surface area contributed by atoms with Crippen molar-refractivity contribution < 1.29 is 13.2 Å². The molecular weight excluding hydrogens is 421 g/mol. The molecule has 0 aliphatic carbocycles. The van der Waals surface area contributed by atoms with Crippen molar-refractivity contribution >= 4 is 0 Å². The number of aromatic nitrogens is 1. The fraction of sp³-hybridized carbons (Fsp3) is 0.214. The van der Waals surface area contributed by atoms with E-state index in [0.717, 1.165) is 24.2 Å². The Hall–Kier alpha value is -3.31. The van der Waals surface area contributed by atoms with Crippen LogP contribution in [0.25, 0.3) is 0 Å². The highest BCUT2D eigenvalue weighted by Gasteiger charge is 2.30. The first-order valence-corrected chi connectivity index (χ1v) is 11.0. The number of aryl methyl sites for hydroxylation is 1. The van der Waals surface area contributed by atoms with Crippen LogP contribution in [0.2, 0.25) is 0 Å². The Morgan fingerprint density at radius 3 is 2.03 bits per heavy atom. The summed E-state index contributed by atoms with van der Waals surface area (Å²) >= 11 is 0. The van der Waals surface area contributed by atoms with Crippen molar-refractivity contribution in [3.8, 4) is 0 Å². The van der Waals surface area contributed by atoms with Crippen LogP contribution in [0.5, 0.6) is 0 Å². The van der Waals surface area contributed by atoms with Gasteiger partial charge in [0, 0.05) is 38.1 Å². The van der Waals surface area contributed by atoms with Gasteiger partial charge in [0.2, 0.25) is 0 Å². The van der Waals surface area contributed by atoms with Gasteiger partial charge in [0.05, 0.1) is 5.56 Å². The molecule has 0 aliphatic rings. The van der Waals surface area contributed by atoms with Gasteiger partial charge >= 0.3 is 6.18 Å². The normalized spacial score (nSPS) is 11.8. The summed E-state index contributed by atoms with van der Waals surface area (Å²) in [6.45, 7) is 4.82. The van der Waals surface area contributed by atoms with Crippen molar-refractivity contribution in [3.05, 3.63) is 131 Å². The number of benzene rings is 3. The van der Waals surface area contributed by atoms with E-state index in [4.69, 9.17) is 0 Å². The van der Waals surface area contributed by atoms with E-state index in [-0.39, 0.29) is 0 Å². The third-order valence-corrected chi connectivity index (χ3v) is 5.68. The molecule has 0 unspecified atom stereocenters. The van der Waals surface area contributed by atoms with Crippen molar-refractivity contribution in [3.63, 3.8) is 0 Å². The lowest BCUT2D eigenvalue weighted by Crippen LogP contribution is -2.24. The van der Waals surface area contributed by atoms with E-state index < -0.39 is 11.7 Å². The van der Waals surface area contributed by atoms with E-state index in [1.54, 1.807) is 12.1 Å². The molecule has 0 radical (unpaired) electrons. The summed E-state index contributed by atoms with van der Waals surface area (Å²) in [7, 11) is 0. The molecule has 2 nitrogen and oxygen atoms in total. The SMILES string of the molecule is Cc1cccc(Cn2cccc2CN(Cc2ccccc2)Cc2ccc(C(F)(F)F)cc2)c1. The summed E-state index contributed by atoms with van der Waals surface area (Å²) in [6, 6.07) is 28.3. The molecule has 0 N–H and O–H groups in total. The summed E-state index contributed by atoms with van der Waals surface area (Å²) < 4.78 is 41.1. The van der Waals surface area contributed by atoms with Gasteiger partial charge in [-0.25, -0.2) is 0 Å². The molecule has 0 fully saturated rings. The van der Waals surface area contributed by atoms with Gasteiger partial charge in [0.15, 0.2) is 0 Å². The lowest BCUT2D eigenvalue weighted by atomic mass is 10.1. The van der Waals surface area contributed by atoms with Gasteiger partial charge in [0.1, 0.15) is 0 Å². The Morgan fingerprint density at radius 2 is 1.36 bits per heavy atom. The van der Waals surface area contributed by atoms with Crippen molar-refractivity contribution in [2.45, 2.75) is 39.3 Å². The number of alkyl halides is 3. The maximum Gasteiger partial charge on any atom is 0.416 e. The number of halogens is 3. The Labute approximate surface area is 192 Å². The third kappa shape index (κ3) is 6.36. The van der Waals surface area contributed by atoms with Gasteiger partial charge in [-0.3, -0.25) is 4.90 Å². The topological polar surface area (TPSA) is 8.17 Å². The molecule has 0 amide bonds. The van der Waals surface area contributed by atoms with Crippen molar-refractivity contribution in [2.24, 2.45) is 0 Å². The molecule has 0 bridgehead atoms. The van der Waals surface area contributed by atoms with Crippen molar-refractivity contribution in [1.29, 1.82) is 0 Å². The van der Waals surface area contributed by atoms with Crippen LogP contribution in [-0.4, -0.2) is 9.47 Å². The van der Waals surface area contributed by atoms with E-state index in [1.165, 1.54) is 22.4 Å². The molecule has 3 aromatic carbocycles. The lowest BCUT2D eigenvalue weighted by Gasteiger charge is -2.24. The third-order valence-electron chi connectivity index (χ3n) is 5.68. The smallest absolute Gasteiger partial charge is 0.346 e. The molecule has 4 rings (SSSR count). The highest BCUT2D eigenvalue weighted by atomic mass is 19.4. The van der Waals surface area contributed by atoms with Crippen LogP contribution in [0, 0.1) is 6.92 Å². The predicted molar refractivity (Wildman–Crippen MR) is 126 cm³/mol. The molecule has 1 heterocycles. The minimum atomic E-state index is -4.32. The van der Waals surface area contributed by atoms with E-state index in [1.807, 2.05) is 24.3 Å². The summed E-state index contributed by atoms with van der Waals surface area (Å²) in [4.78, 5) is 2.26. The van der Waals surface area contributed by atoms with E-state index in [2.05, 4.69) is 65.1 Å². The van der Waals surface area contributed by atoms with Gasteiger partial charge < -0.3 is 4.57 Å². The number of hydrogen-bond donors (Lipinski definition) is 0. The summed E-state index contributed by atoms with van der Waals surface area (Å²) in [5.41, 5.74) is 5.04. The largest absolute Gasteiger partial charge is 0.416 e. The van der Waals surface area contributed by atoms with Crippen LogP contribution in [0.4, 0.5) is 13.2 Å². The Kier molecular flexibility index (Phi) is 6.99. The molecule has 170 valence electrons. The average Bonchev–Trinajstić information content (AvgIpc) is 3.20. The highest BCUT2D eigenvalue weighted by molar-refractivity contribution is 5.26. The quantitative estimate of drug-likeness (QED) is 0.280. The van der Waals surface area contributed by atoms with Gasteiger partial charge in [-0.15, -0.1) is 0 Å². The summed E-state index contributed by atoms with van der Waals surface area (Å²) in [5.74, 6) is 0. The maximum absolute atomic E-state index is 13.0. The molecule has 5 heteroatoms. The minimum Gasteiger partial charge on any atom is -0.346 e. The molecule has 4 aromatic rings. The molecule has 33 heavy (non-hydrogen) atoms. The first-order valence-electron chi connectivity index (χ1n) is 11.0. The zero-order valence-corrected chi connectivity index (χ0v) is 18.6. The molecule has 0 saturated carbocycles. The highest BCUT2D eigenvalue weighted by Crippen LogP contribution is 2.29. The summed E-state index contributed by atoms with van der Waals surface area (Å²) in [5, 5.41) is 0. The predicted octanol–water partition coefficient (Wildman–Crippen LogP) is 7.07. The van der Waals surface area contributed by atoms with Crippen molar-refractivity contribution in [1.82, 2.24) is 9.47 Å². The average molecular weight is 449 g/mol. The van der Waals surface area contributed by atoms with E-state index >= 15 is 0 Å². The van der Waals surface area contributed by atoms with E-state index in [9.17, 15) is 13.2 Å². The van der Waals surface area contributed by atoms with Gasteiger partial charge in [-0.2, -0.15) is 13.2 Å². The zero-order valence-electron chi connectivity index (χ0n) is 18.6. The number of rotatable bonds is 8. The second-order valence-electron chi connectivity index (χ2n) is 8.44. The molecular formula is C28H27F3N2. The molecule has 1 aromatic heterocycles. The maximum atomic E-state index is 13.0. The van der Waals surface area contributed by atoms with Crippen LogP contribution in [0.15, 0.2) is 97.2 Å².